The number of aromatic nitrogens is 2. The lowest BCUT2D eigenvalue weighted by molar-refractivity contribution is -0.120. The number of fused-ring (bicyclic) bond motifs is 1. The van der Waals surface area contributed by atoms with Gasteiger partial charge in [-0.05, 0) is 68.5 Å². The molecule has 8 nitrogen and oxygen atoms in total. The third-order valence-corrected chi connectivity index (χ3v) is 7.06. The van der Waals surface area contributed by atoms with E-state index in [0.29, 0.717) is 16.9 Å². The first-order valence-corrected chi connectivity index (χ1v) is 12.3. The fraction of sp³-hybridized carbons (Fsp3) is 0.148. The smallest absolute Gasteiger partial charge is 0.259 e. The number of nitrogens with one attached hydrogen (secondary N) is 2. The lowest BCUT2D eigenvalue weighted by Crippen LogP contribution is -2.44. The number of nitrogens with zero attached hydrogens (tertiary/aromatic N) is 4. The van der Waals surface area contributed by atoms with Gasteiger partial charge in [-0.1, -0.05) is 23.7 Å². The Balaban J connectivity index is 1.36. The molecule has 1 aromatic heterocycles. The van der Waals surface area contributed by atoms with Crippen LogP contribution in [0, 0.1) is 12.4 Å². The van der Waals surface area contributed by atoms with Crippen molar-refractivity contribution in [3.05, 3.63) is 94.3 Å². The maximum absolute atomic E-state index is 15.2. The molecule has 4 aromatic rings. The minimum Gasteiger partial charge on any atom is -0.348 e. The minimum atomic E-state index is -1.12. The fourth-order valence-electron chi connectivity index (χ4n) is 4.35. The SMILES string of the molecule is [C-]#[N+]c1ccc(N2C(=O)C(C)(C)N(c3ccc(CNC(=O)c4ccc5nc[nH]c5c4)c(F)c3)C2=S)cc1Cl. The molecule has 0 atom stereocenters. The molecule has 1 fully saturated rings. The summed E-state index contributed by atoms with van der Waals surface area (Å²) in [6, 6.07) is 14.2. The Morgan fingerprint density at radius 2 is 1.95 bits per heavy atom. The summed E-state index contributed by atoms with van der Waals surface area (Å²) in [5.74, 6) is -1.23. The van der Waals surface area contributed by atoms with Crippen molar-refractivity contribution >= 4 is 68.8 Å². The summed E-state index contributed by atoms with van der Waals surface area (Å²) in [6.45, 7) is 10.5. The molecule has 2 heterocycles. The number of imidazole rings is 1. The normalized spacial score (nSPS) is 14.7. The molecule has 0 unspecified atom stereocenters. The zero-order valence-corrected chi connectivity index (χ0v) is 21.8. The van der Waals surface area contributed by atoms with Gasteiger partial charge in [0.25, 0.3) is 11.8 Å². The predicted molar refractivity (Wildman–Crippen MR) is 148 cm³/mol. The van der Waals surface area contributed by atoms with E-state index in [1.807, 2.05) is 0 Å². The maximum atomic E-state index is 15.2. The van der Waals surface area contributed by atoms with Crippen LogP contribution in [0.2, 0.25) is 5.02 Å². The van der Waals surface area contributed by atoms with Gasteiger partial charge in [0.05, 0.1) is 29.6 Å². The van der Waals surface area contributed by atoms with Crippen LogP contribution in [0.1, 0.15) is 29.8 Å². The minimum absolute atomic E-state index is 0.0310. The highest BCUT2D eigenvalue weighted by molar-refractivity contribution is 7.81. The number of benzene rings is 3. The van der Waals surface area contributed by atoms with Crippen molar-refractivity contribution in [1.29, 1.82) is 0 Å². The van der Waals surface area contributed by atoms with Crippen LogP contribution in [-0.2, 0) is 11.3 Å². The maximum Gasteiger partial charge on any atom is 0.259 e. The molecular formula is C27H20ClFN6O2S. The molecule has 0 aliphatic carbocycles. The summed E-state index contributed by atoms with van der Waals surface area (Å²) in [5, 5.41) is 3.08. The molecule has 1 aliphatic heterocycles. The summed E-state index contributed by atoms with van der Waals surface area (Å²) >= 11 is 11.8. The van der Waals surface area contributed by atoms with Crippen molar-refractivity contribution in [2.75, 3.05) is 9.80 Å². The Morgan fingerprint density at radius 3 is 2.66 bits per heavy atom. The summed E-state index contributed by atoms with van der Waals surface area (Å²) in [5.41, 5.74) is 2.12. The standard InChI is InChI=1S/C27H20ClFN6O2S/c1-27(2)25(37)34(17-7-9-21(30-3)19(28)11-17)26(38)35(27)18-6-4-16(20(29)12-18)13-31-24(36)15-5-8-22-23(10-15)33-14-32-22/h4-12,14H,13H2,1-2H3,(H,31,36)(H,32,33). The Kier molecular flexibility index (Phi) is 6.34. The van der Waals surface area contributed by atoms with Crippen LogP contribution in [0.25, 0.3) is 15.9 Å². The predicted octanol–water partition coefficient (Wildman–Crippen LogP) is 5.75. The van der Waals surface area contributed by atoms with Crippen molar-refractivity contribution in [2.45, 2.75) is 25.9 Å². The molecule has 190 valence electrons. The number of halogens is 2. The van der Waals surface area contributed by atoms with E-state index in [1.165, 1.54) is 23.1 Å². The molecular weight excluding hydrogens is 527 g/mol. The lowest BCUT2D eigenvalue weighted by Gasteiger charge is -2.29. The zero-order valence-electron chi connectivity index (χ0n) is 20.3. The summed E-state index contributed by atoms with van der Waals surface area (Å²) in [4.78, 5) is 39.3. The Morgan fingerprint density at radius 1 is 1.18 bits per heavy atom. The van der Waals surface area contributed by atoms with E-state index < -0.39 is 11.4 Å². The topological polar surface area (TPSA) is 85.7 Å². The molecule has 1 aliphatic rings. The number of H-pyrrole nitrogens is 1. The Hall–Kier alpha value is -4.33. The quantitative estimate of drug-likeness (QED) is 0.246. The number of thiocarbonyl (C=S) groups is 1. The lowest BCUT2D eigenvalue weighted by atomic mass is 10.0. The highest BCUT2D eigenvalue weighted by atomic mass is 35.5. The van der Waals surface area contributed by atoms with Gasteiger partial charge in [-0.15, -0.1) is 0 Å². The summed E-state index contributed by atoms with van der Waals surface area (Å²) in [7, 11) is 0. The van der Waals surface area contributed by atoms with E-state index in [4.69, 9.17) is 30.4 Å². The number of hydrogen-bond acceptors (Lipinski definition) is 4. The number of carbonyl (C=O) groups is 2. The van der Waals surface area contributed by atoms with Gasteiger partial charge in [-0.2, -0.15) is 0 Å². The molecule has 5 rings (SSSR count). The van der Waals surface area contributed by atoms with Crippen molar-refractivity contribution < 1.29 is 14.0 Å². The number of amides is 2. The number of aromatic amines is 1. The van der Waals surface area contributed by atoms with E-state index >= 15 is 4.39 Å². The average molecular weight is 547 g/mol. The van der Waals surface area contributed by atoms with Crippen LogP contribution in [0.3, 0.4) is 0 Å². The molecule has 2 N–H and O–H groups in total. The van der Waals surface area contributed by atoms with Crippen molar-refractivity contribution in [1.82, 2.24) is 15.3 Å². The van der Waals surface area contributed by atoms with Crippen molar-refractivity contribution in [3.8, 4) is 0 Å². The van der Waals surface area contributed by atoms with Gasteiger partial charge < -0.3 is 15.2 Å². The molecule has 0 radical (unpaired) electrons. The first-order chi connectivity index (χ1) is 18.1. The van der Waals surface area contributed by atoms with E-state index in [0.717, 1.165) is 11.0 Å². The van der Waals surface area contributed by atoms with Crippen LogP contribution in [0.5, 0.6) is 0 Å². The third-order valence-electron chi connectivity index (χ3n) is 6.39. The molecule has 11 heteroatoms. The fourth-order valence-corrected chi connectivity index (χ4v) is 5.09. The van der Waals surface area contributed by atoms with Gasteiger partial charge >= 0.3 is 0 Å². The van der Waals surface area contributed by atoms with E-state index in [2.05, 4.69) is 20.1 Å². The highest BCUT2D eigenvalue weighted by Crippen LogP contribution is 2.39. The second-order valence-corrected chi connectivity index (χ2v) is 9.93. The van der Waals surface area contributed by atoms with Crippen LogP contribution >= 0.6 is 23.8 Å². The summed E-state index contributed by atoms with van der Waals surface area (Å²) in [6.07, 6.45) is 1.55. The van der Waals surface area contributed by atoms with E-state index in [-0.39, 0.29) is 39.7 Å². The van der Waals surface area contributed by atoms with Crippen molar-refractivity contribution in [2.24, 2.45) is 0 Å². The van der Waals surface area contributed by atoms with Crippen LogP contribution in [0.15, 0.2) is 60.9 Å². The zero-order chi connectivity index (χ0) is 27.2. The van der Waals surface area contributed by atoms with Gasteiger partial charge in [-0.25, -0.2) is 14.2 Å². The van der Waals surface area contributed by atoms with Gasteiger partial charge in [0, 0.05) is 28.4 Å². The molecule has 1 saturated heterocycles. The number of rotatable bonds is 5. The average Bonchev–Trinajstić information content (AvgIpc) is 3.42. The summed E-state index contributed by atoms with van der Waals surface area (Å²) < 4.78 is 15.2. The van der Waals surface area contributed by atoms with E-state index in [9.17, 15) is 9.59 Å². The monoisotopic (exact) mass is 546 g/mol. The number of hydrogen-bond donors (Lipinski definition) is 2. The highest BCUT2D eigenvalue weighted by Gasteiger charge is 2.50. The van der Waals surface area contributed by atoms with Gasteiger partial charge in [0.1, 0.15) is 11.4 Å². The van der Waals surface area contributed by atoms with Gasteiger partial charge in [-0.3, -0.25) is 14.5 Å². The van der Waals surface area contributed by atoms with E-state index in [1.54, 1.807) is 61.5 Å². The number of carbonyl (C=O) groups excluding carboxylic acids is 2. The van der Waals surface area contributed by atoms with Gasteiger partial charge in [0.2, 0.25) is 5.69 Å². The van der Waals surface area contributed by atoms with Crippen LogP contribution in [-0.4, -0.2) is 32.4 Å². The second-order valence-electron chi connectivity index (χ2n) is 9.16. The second kappa shape index (κ2) is 9.52. The molecule has 0 saturated carbocycles. The van der Waals surface area contributed by atoms with Gasteiger partial charge in [0.15, 0.2) is 5.11 Å². The molecule has 2 amide bonds. The third kappa shape index (κ3) is 4.26. The first-order valence-electron chi connectivity index (χ1n) is 11.5. The Bertz CT molecular complexity index is 1680. The largest absolute Gasteiger partial charge is 0.348 e. The van der Waals surface area contributed by atoms with Crippen LogP contribution in [0.4, 0.5) is 21.5 Å². The molecule has 0 spiro atoms. The number of anilines is 2. The first kappa shape index (κ1) is 25.3. The molecule has 0 bridgehead atoms. The molecule has 38 heavy (non-hydrogen) atoms. The Labute approximate surface area is 227 Å². The van der Waals surface area contributed by atoms with Crippen LogP contribution < -0.4 is 15.1 Å². The van der Waals surface area contributed by atoms with Crippen molar-refractivity contribution in [3.63, 3.8) is 0 Å². The molecule has 3 aromatic carbocycles.